The van der Waals surface area contributed by atoms with Crippen molar-refractivity contribution < 1.29 is 28.6 Å². The van der Waals surface area contributed by atoms with E-state index in [1.165, 1.54) is 23.8 Å². The second-order valence-corrected chi connectivity index (χ2v) is 7.15. The van der Waals surface area contributed by atoms with Gasteiger partial charge in [-0.3, -0.25) is 28.6 Å². The highest BCUT2D eigenvalue weighted by Crippen LogP contribution is 2.37. The molecule has 1 aromatic carbocycles. The van der Waals surface area contributed by atoms with Crippen molar-refractivity contribution in [2.75, 3.05) is 13.2 Å². The summed E-state index contributed by atoms with van der Waals surface area (Å²) in [5.74, 6) is -1.36. The number of hydrogen-bond donors (Lipinski definition) is 0. The van der Waals surface area contributed by atoms with Crippen molar-refractivity contribution in [3.8, 4) is 6.01 Å². The summed E-state index contributed by atoms with van der Waals surface area (Å²) >= 11 is 0. The first kappa shape index (κ1) is 20.7. The number of rotatable bonds is 6. The first-order valence-electron chi connectivity index (χ1n) is 9.88. The van der Waals surface area contributed by atoms with Crippen LogP contribution < -0.4 is 10.3 Å². The maximum Gasteiger partial charge on any atom is 0.302 e. The zero-order valence-electron chi connectivity index (χ0n) is 17.0. The second-order valence-electron chi connectivity index (χ2n) is 7.15. The molecule has 4 rings (SSSR count). The van der Waals surface area contributed by atoms with Crippen LogP contribution in [0.1, 0.15) is 47.2 Å². The Morgan fingerprint density at radius 3 is 2.45 bits per heavy atom. The standard InChI is InChI=1S/C21H21N3O7/c1-3-29-21-22-17(26)8-9-23(21)18-10-15(16(31-18)11-30-12(2)25)24-19(27)13-6-4-5-7-14(13)20(24)28/h4-9,15-16,18H,3,10-11H2,1-2H3/t15-,16+,18-/m0/s1. The summed E-state index contributed by atoms with van der Waals surface area (Å²) in [6.07, 6.45) is 0.246. The number of esters is 1. The summed E-state index contributed by atoms with van der Waals surface area (Å²) < 4.78 is 18.2. The summed E-state index contributed by atoms with van der Waals surface area (Å²) in [6, 6.07) is 7.23. The smallest absolute Gasteiger partial charge is 0.302 e. The third-order valence-electron chi connectivity index (χ3n) is 5.20. The third-order valence-corrected chi connectivity index (χ3v) is 5.20. The van der Waals surface area contributed by atoms with E-state index in [9.17, 15) is 19.2 Å². The van der Waals surface area contributed by atoms with Crippen molar-refractivity contribution in [2.24, 2.45) is 0 Å². The molecule has 2 amide bonds. The number of hydrogen-bond acceptors (Lipinski definition) is 8. The van der Waals surface area contributed by atoms with E-state index in [0.29, 0.717) is 11.1 Å². The Kier molecular flexibility index (Phi) is 5.55. The lowest BCUT2D eigenvalue weighted by molar-refractivity contribution is -0.146. The van der Waals surface area contributed by atoms with Crippen molar-refractivity contribution >= 4 is 17.8 Å². The largest absolute Gasteiger partial charge is 0.465 e. The van der Waals surface area contributed by atoms with Crippen molar-refractivity contribution in [1.29, 1.82) is 0 Å². The third kappa shape index (κ3) is 3.81. The number of fused-ring (bicyclic) bond motifs is 1. The Morgan fingerprint density at radius 1 is 1.16 bits per heavy atom. The molecule has 0 N–H and O–H groups in total. The molecule has 0 bridgehead atoms. The highest BCUT2D eigenvalue weighted by Gasteiger charge is 2.48. The van der Waals surface area contributed by atoms with Crippen molar-refractivity contribution in [2.45, 2.75) is 38.6 Å². The molecular weight excluding hydrogens is 406 g/mol. The van der Waals surface area contributed by atoms with Crippen LogP contribution in [-0.4, -0.2) is 57.6 Å². The van der Waals surface area contributed by atoms with E-state index >= 15 is 0 Å². The molecule has 1 fully saturated rings. The fourth-order valence-electron chi connectivity index (χ4n) is 3.87. The van der Waals surface area contributed by atoms with E-state index in [-0.39, 0.29) is 25.6 Å². The van der Waals surface area contributed by atoms with Gasteiger partial charge in [-0.1, -0.05) is 12.1 Å². The SMILES string of the molecule is CCOc1nc(=O)ccn1[C@@H]1C[C@H](N2C(=O)c3ccccc3C2=O)[C@@H](COC(C)=O)O1. The van der Waals surface area contributed by atoms with E-state index in [1.807, 2.05) is 0 Å². The number of carbonyl (C=O) groups is 3. The van der Waals surface area contributed by atoms with Crippen LogP contribution in [0.25, 0.3) is 0 Å². The maximum atomic E-state index is 13.0. The zero-order chi connectivity index (χ0) is 22.1. The Balaban J connectivity index is 1.67. The molecular formula is C21H21N3O7. The van der Waals surface area contributed by atoms with Crippen molar-refractivity contribution in [3.05, 3.63) is 58.0 Å². The van der Waals surface area contributed by atoms with Gasteiger partial charge in [0.1, 0.15) is 18.9 Å². The highest BCUT2D eigenvalue weighted by atomic mass is 16.6. The number of amides is 2. The van der Waals surface area contributed by atoms with Gasteiger partial charge < -0.3 is 14.2 Å². The van der Waals surface area contributed by atoms with Crippen molar-refractivity contribution in [3.63, 3.8) is 0 Å². The zero-order valence-corrected chi connectivity index (χ0v) is 17.0. The number of ether oxygens (including phenoxy) is 3. The summed E-state index contributed by atoms with van der Waals surface area (Å²) in [6.45, 7) is 3.16. The maximum absolute atomic E-state index is 13.0. The van der Waals surface area contributed by atoms with Crippen molar-refractivity contribution in [1.82, 2.24) is 14.5 Å². The number of imide groups is 1. The van der Waals surface area contributed by atoms with Gasteiger partial charge in [0.2, 0.25) is 0 Å². The number of benzene rings is 1. The minimum atomic E-state index is -0.759. The topological polar surface area (TPSA) is 117 Å². The fourth-order valence-corrected chi connectivity index (χ4v) is 3.87. The molecule has 1 aromatic heterocycles. The predicted octanol–water partition coefficient (Wildman–Crippen LogP) is 1.16. The van der Waals surface area contributed by atoms with Gasteiger partial charge in [-0.15, -0.1) is 0 Å². The van der Waals surface area contributed by atoms with Crippen LogP contribution in [0.5, 0.6) is 6.01 Å². The molecule has 1 saturated heterocycles. The lowest BCUT2D eigenvalue weighted by atomic mass is 10.1. The first-order chi connectivity index (χ1) is 14.9. The summed E-state index contributed by atoms with van der Waals surface area (Å²) in [7, 11) is 0. The predicted molar refractivity (Wildman–Crippen MR) is 106 cm³/mol. The van der Waals surface area contributed by atoms with Crippen LogP contribution in [-0.2, 0) is 14.3 Å². The molecule has 0 spiro atoms. The summed E-state index contributed by atoms with van der Waals surface area (Å²) in [4.78, 5) is 54.0. The van der Waals surface area contributed by atoms with E-state index in [2.05, 4.69) is 4.98 Å². The molecule has 0 radical (unpaired) electrons. The number of carbonyl (C=O) groups excluding carboxylic acids is 3. The van der Waals surface area contributed by atoms with Gasteiger partial charge in [-0.25, -0.2) is 0 Å². The molecule has 3 heterocycles. The Morgan fingerprint density at radius 2 is 1.84 bits per heavy atom. The van der Waals surface area contributed by atoms with Gasteiger partial charge in [0.25, 0.3) is 17.4 Å². The van der Waals surface area contributed by atoms with Crippen LogP contribution in [0, 0.1) is 0 Å². The van der Waals surface area contributed by atoms with Gasteiger partial charge in [-0.2, -0.15) is 4.98 Å². The normalized spacial score (nSPS) is 22.5. The van der Waals surface area contributed by atoms with Crippen LogP contribution >= 0.6 is 0 Å². The van der Waals surface area contributed by atoms with Gasteiger partial charge >= 0.3 is 12.0 Å². The fraction of sp³-hybridized carbons (Fsp3) is 0.381. The molecule has 31 heavy (non-hydrogen) atoms. The van der Waals surface area contributed by atoms with Gasteiger partial charge in [0, 0.05) is 25.6 Å². The molecule has 10 heteroatoms. The van der Waals surface area contributed by atoms with Crippen LogP contribution in [0.3, 0.4) is 0 Å². The molecule has 10 nitrogen and oxygen atoms in total. The van der Waals surface area contributed by atoms with Gasteiger partial charge in [-0.05, 0) is 19.1 Å². The number of aromatic nitrogens is 2. The Labute approximate surface area is 177 Å². The van der Waals surface area contributed by atoms with E-state index in [1.54, 1.807) is 31.2 Å². The van der Waals surface area contributed by atoms with E-state index in [0.717, 1.165) is 4.90 Å². The average Bonchev–Trinajstić information content (AvgIpc) is 3.26. The van der Waals surface area contributed by atoms with Gasteiger partial charge in [0.15, 0.2) is 0 Å². The van der Waals surface area contributed by atoms with Crippen LogP contribution in [0.4, 0.5) is 0 Å². The summed E-state index contributed by atoms with van der Waals surface area (Å²) in [5, 5.41) is 0. The summed E-state index contributed by atoms with van der Waals surface area (Å²) in [5.41, 5.74) is 0.176. The van der Waals surface area contributed by atoms with E-state index < -0.39 is 41.7 Å². The molecule has 2 aliphatic rings. The minimum Gasteiger partial charge on any atom is -0.465 e. The molecule has 2 aliphatic heterocycles. The quantitative estimate of drug-likeness (QED) is 0.498. The molecule has 3 atom stereocenters. The number of nitrogens with zero attached hydrogens (tertiary/aromatic N) is 3. The first-order valence-corrected chi connectivity index (χ1v) is 9.88. The average molecular weight is 427 g/mol. The van der Waals surface area contributed by atoms with Crippen LogP contribution in [0.2, 0.25) is 0 Å². The lowest BCUT2D eigenvalue weighted by Crippen LogP contribution is -2.46. The second kappa shape index (κ2) is 8.31. The Bertz CT molecular complexity index is 1060. The van der Waals surface area contributed by atoms with Gasteiger partial charge in [0.05, 0.1) is 23.8 Å². The minimum absolute atomic E-state index is 0.0641. The van der Waals surface area contributed by atoms with E-state index in [4.69, 9.17) is 14.2 Å². The molecule has 0 aliphatic carbocycles. The monoisotopic (exact) mass is 427 g/mol. The lowest BCUT2D eigenvalue weighted by Gasteiger charge is -2.25. The molecule has 2 aromatic rings. The van der Waals surface area contributed by atoms with Crippen LogP contribution in [0.15, 0.2) is 41.3 Å². The Hall–Kier alpha value is -3.53. The molecule has 0 unspecified atom stereocenters. The molecule has 0 saturated carbocycles. The molecule has 162 valence electrons. The highest BCUT2D eigenvalue weighted by molar-refractivity contribution is 6.21.